The highest BCUT2D eigenvalue weighted by Gasteiger charge is 2.09. The van der Waals surface area contributed by atoms with Gasteiger partial charge in [-0.1, -0.05) is 17.7 Å². The number of fused-ring (bicyclic) bond motifs is 1. The van der Waals surface area contributed by atoms with Crippen LogP contribution in [0, 0.1) is 0 Å². The summed E-state index contributed by atoms with van der Waals surface area (Å²) in [5.74, 6) is -0.246. The highest BCUT2D eigenvalue weighted by atomic mass is 35.5. The molecule has 1 aromatic heterocycles. The van der Waals surface area contributed by atoms with Gasteiger partial charge in [-0.05, 0) is 42.0 Å². The van der Waals surface area contributed by atoms with Crippen LogP contribution in [0.1, 0.15) is 12.5 Å². The Morgan fingerprint density at radius 3 is 2.38 bits per heavy atom. The number of aromatic nitrogens is 1. The molecule has 6 heteroatoms. The minimum absolute atomic E-state index is 0.113. The molecule has 3 N–H and O–H groups in total. The van der Waals surface area contributed by atoms with Gasteiger partial charge in [0.1, 0.15) is 0 Å². The van der Waals surface area contributed by atoms with E-state index in [-0.39, 0.29) is 18.2 Å². The number of nitrogens with one attached hydrogen (secondary N) is 3. The van der Waals surface area contributed by atoms with Crippen LogP contribution in [0.4, 0.5) is 11.4 Å². The first-order chi connectivity index (χ1) is 11.5. The Morgan fingerprint density at radius 1 is 1.04 bits per heavy atom. The van der Waals surface area contributed by atoms with Crippen molar-refractivity contribution in [2.24, 2.45) is 0 Å². The average Bonchev–Trinajstić information content (AvgIpc) is 2.90. The van der Waals surface area contributed by atoms with Gasteiger partial charge in [-0.2, -0.15) is 0 Å². The summed E-state index contributed by atoms with van der Waals surface area (Å²) >= 11 is 5.96. The minimum Gasteiger partial charge on any atom is -0.361 e. The Balaban J connectivity index is 1.67. The monoisotopic (exact) mass is 341 g/mol. The summed E-state index contributed by atoms with van der Waals surface area (Å²) in [7, 11) is 0. The lowest BCUT2D eigenvalue weighted by Crippen LogP contribution is -2.14. The van der Waals surface area contributed by atoms with Crippen LogP contribution in [0.5, 0.6) is 0 Å². The van der Waals surface area contributed by atoms with Gasteiger partial charge in [0.25, 0.3) is 0 Å². The van der Waals surface area contributed by atoms with Crippen molar-refractivity contribution in [2.45, 2.75) is 13.3 Å². The van der Waals surface area contributed by atoms with Gasteiger partial charge in [0.2, 0.25) is 11.8 Å². The summed E-state index contributed by atoms with van der Waals surface area (Å²) in [6, 6.07) is 12.5. The maximum atomic E-state index is 12.2. The fraction of sp³-hybridized carbons (Fsp3) is 0.111. The van der Waals surface area contributed by atoms with Gasteiger partial charge < -0.3 is 15.6 Å². The first kappa shape index (κ1) is 16.1. The molecule has 3 aromatic rings. The highest BCUT2D eigenvalue weighted by Crippen LogP contribution is 2.23. The molecule has 0 saturated heterocycles. The Kier molecular flexibility index (Phi) is 4.53. The van der Waals surface area contributed by atoms with Crippen LogP contribution in [0.3, 0.4) is 0 Å². The predicted octanol–water partition coefficient (Wildman–Crippen LogP) is 3.96. The number of rotatable bonds is 4. The van der Waals surface area contributed by atoms with Gasteiger partial charge in [-0.15, -0.1) is 0 Å². The van der Waals surface area contributed by atoms with E-state index in [1.807, 2.05) is 18.3 Å². The Bertz CT molecular complexity index is 900. The molecule has 0 atom stereocenters. The Hall–Kier alpha value is -2.79. The fourth-order valence-corrected chi connectivity index (χ4v) is 2.70. The lowest BCUT2D eigenvalue weighted by molar-refractivity contribution is -0.116. The van der Waals surface area contributed by atoms with Crippen molar-refractivity contribution in [3.05, 3.63) is 59.2 Å². The van der Waals surface area contributed by atoms with Crippen LogP contribution in [-0.2, 0) is 16.0 Å². The molecule has 2 amide bonds. The van der Waals surface area contributed by atoms with Gasteiger partial charge in [-0.3, -0.25) is 9.59 Å². The van der Waals surface area contributed by atoms with E-state index in [0.29, 0.717) is 16.4 Å². The predicted molar refractivity (Wildman–Crippen MR) is 96.4 cm³/mol. The van der Waals surface area contributed by atoms with Gasteiger partial charge in [0.05, 0.1) is 6.42 Å². The number of hydrogen-bond acceptors (Lipinski definition) is 2. The summed E-state index contributed by atoms with van der Waals surface area (Å²) in [5.41, 5.74) is 3.19. The Labute approximate surface area is 144 Å². The Morgan fingerprint density at radius 2 is 1.71 bits per heavy atom. The summed E-state index contributed by atoms with van der Waals surface area (Å²) in [6.07, 6.45) is 2.08. The van der Waals surface area contributed by atoms with Gasteiger partial charge in [-0.25, -0.2) is 0 Å². The van der Waals surface area contributed by atoms with E-state index in [1.54, 1.807) is 30.3 Å². The molecular weight excluding hydrogens is 326 g/mol. The number of H-pyrrole nitrogens is 1. The minimum atomic E-state index is -0.133. The standard InChI is InChI=1S/C18H16ClN3O2/c1-11(23)21-14-3-5-15(6-4-14)22-18(24)8-12-10-20-17-9-13(19)2-7-16(12)17/h2-7,9-10,20H,8H2,1H3,(H,21,23)(H,22,24). The van der Waals surface area contributed by atoms with Crippen LogP contribution in [0.25, 0.3) is 10.9 Å². The lowest BCUT2D eigenvalue weighted by Gasteiger charge is -2.07. The van der Waals surface area contributed by atoms with E-state index in [4.69, 9.17) is 11.6 Å². The van der Waals surface area contributed by atoms with E-state index in [1.165, 1.54) is 6.92 Å². The number of amides is 2. The van der Waals surface area contributed by atoms with Gasteiger partial charge in [0.15, 0.2) is 0 Å². The van der Waals surface area contributed by atoms with Crippen LogP contribution in [-0.4, -0.2) is 16.8 Å². The number of aromatic amines is 1. The molecule has 0 radical (unpaired) electrons. The number of carbonyl (C=O) groups is 2. The molecule has 0 aliphatic carbocycles. The SMILES string of the molecule is CC(=O)Nc1ccc(NC(=O)Cc2c[nH]c3cc(Cl)ccc23)cc1. The lowest BCUT2D eigenvalue weighted by atomic mass is 10.1. The number of benzene rings is 2. The molecule has 0 saturated carbocycles. The smallest absolute Gasteiger partial charge is 0.228 e. The molecule has 0 bridgehead atoms. The molecule has 24 heavy (non-hydrogen) atoms. The van der Waals surface area contributed by atoms with Crippen molar-refractivity contribution in [2.75, 3.05) is 10.6 Å². The zero-order chi connectivity index (χ0) is 17.1. The third kappa shape index (κ3) is 3.75. The van der Waals surface area contributed by atoms with Crippen LogP contribution in [0.2, 0.25) is 5.02 Å². The summed E-state index contributed by atoms with van der Waals surface area (Å²) in [4.78, 5) is 26.3. The molecule has 3 rings (SSSR count). The molecular formula is C18H16ClN3O2. The second-order valence-corrected chi connectivity index (χ2v) is 5.92. The van der Waals surface area contributed by atoms with E-state index < -0.39 is 0 Å². The van der Waals surface area contributed by atoms with E-state index in [9.17, 15) is 9.59 Å². The highest BCUT2D eigenvalue weighted by molar-refractivity contribution is 6.31. The molecule has 0 spiro atoms. The normalized spacial score (nSPS) is 10.6. The van der Waals surface area contributed by atoms with Gasteiger partial charge in [0, 0.05) is 40.4 Å². The zero-order valence-electron chi connectivity index (χ0n) is 13.0. The molecule has 2 aromatic carbocycles. The van der Waals surface area contributed by atoms with E-state index >= 15 is 0 Å². The van der Waals surface area contributed by atoms with Crippen LogP contribution < -0.4 is 10.6 Å². The fourth-order valence-electron chi connectivity index (χ4n) is 2.52. The maximum Gasteiger partial charge on any atom is 0.228 e. The van der Waals surface area contributed by atoms with Crippen molar-refractivity contribution >= 4 is 45.7 Å². The molecule has 1 heterocycles. The third-order valence-electron chi connectivity index (χ3n) is 3.57. The molecule has 5 nitrogen and oxygen atoms in total. The summed E-state index contributed by atoms with van der Waals surface area (Å²) < 4.78 is 0. The third-order valence-corrected chi connectivity index (χ3v) is 3.80. The van der Waals surface area contributed by atoms with Crippen LogP contribution >= 0.6 is 11.6 Å². The largest absolute Gasteiger partial charge is 0.361 e. The second kappa shape index (κ2) is 6.76. The van der Waals surface area contributed by atoms with Crippen molar-refractivity contribution in [3.8, 4) is 0 Å². The van der Waals surface area contributed by atoms with Crippen LogP contribution in [0.15, 0.2) is 48.7 Å². The van der Waals surface area contributed by atoms with Crippen molar-refractivity contribution in [3.63, 3.8) is 0 Å². The number of halogens is 1. The average molecular weight is 342 g/mol. The number of carbonyl (C=O) groups excluding carboxylic acids is 2. The number of hydrogen-bond donors (Lipinski definition) is 3. The first-order valence-corrected chi connectivity index (χ1v) is 7.82. The summed E-state index contributed by atoms with van der Waals surface area (Å²) in [5, 5.41) is 7.16. The molecule has 0 unspecified atom stereocenters. The van der Waals surface area contributed by atoms with Crippen molar-refractivity contribution < 1.29 is 9.59 Å². The van der Waals surface area contributed by atoms with Crippen molar-refractivity contribution in [1.29, 1.82) is 0 Å². The number of anilines is 2. The second-order valence-electron chi connectivity index (χ2n) is 5.49. The summed E-state index contributed by atoms with van der Waals surface area (Å²) in [6.45, 7) is 1.45. The van der Waals surface area contributed by atoms with E-state index in [0.717, 1.165) is 16.5 Å². The molecule has 122 valence electrons. The maximum absolute atomic E-state index is 12.2. The van der Waals surface area contributed by atoms with Gasteiger partial charge >= 0.3 is 0 Å². The molecule has 0 aliphatic rings. The van der Waals surface area contributed by atoms with E-state index in [2.05, 4.69) is 15.6 Å². The zero-order valence-corrected chi connectivity index (χ0v) is 13.8. The molecule has 0 aliphatic heterocycles. The van der Waals surface area contributed by atoms with Crippen molar-refractivity contribution in [1.82, 2.24) is 4.98 Å². The molecule has 0 fully saturated rings. The first-order valence-electron chi connectivity index (χ1n) is 7.44. The topological polar surface area (TPSA) is 74.0 Å². The quantitative estimate of drug-likeness (QED) is 0.672.